The molecule has 0 bridgehead atoms. The minimum absolute atomic E-state index is 0.0377. The van der Waals surface area contributed by atoms with Gasteiger partial charge in [-0.3, -0.25) is 19.2 Å². The lowest BCUT2D eigenvalue weighted by Gasteiger charge is -2.44. The van der Waals surface area contributed by atoms with Crippen LogP contribution in [0.1, 0.15) is 27.7 Å². The van der Waals surface area contributed by atoms with Crippen molar-refractivity contribution in [3.8, 4) is 0 Å². The van der Waals surface area contributed by atoms with Gasteiger partial charge >= 0.3 is 23.9 Å². The molecular weight excluding hydrogens is 434 g/mol. The van der Waals surface area contributed by atoms with E-state index in [0.29, 0.717) is 0 Å². The van der Waals surface area contributed by atoms with Crippen LogP contribution in [0.25, 0.3) is 10.4 Å². The van der Waals surface area contributed by atoms with Gasteiger partial charge in [0.2, 0.25) is 0 Å². The molecule has 180 valence electrons. The largest absolute Gasteiger partial charge is 0.463 e. The maximum atomic E-state index is 11.7. The molecule has 0 amide bonds. The van der Waals surface area contributed by atoms with Crippen molar-refractivity contribution < 1.29 is 52.3 Å². The van der Waals surface area contributed by atoms with Crippen LogP contribution in [-0.4, -0.2) is 87.6 Å². The minimum atomic E-state index is -1.30. The van der Waals surface area contributed by atoms with Gasteiger partial charge in [0, 0.05) is 39.2 Å². The maximum Gasteiger partial charge on any atom is 0.303 e. The molecule has 0 aliphatic carbocycles. The van der Waals surface area contributed by atoms with E-state index in [1.807, 2.05) is 0 Å². The highest BCUT2D eigenvalue weighted by molar-refractivity contribution is 5.68. The Hall–Kier alpha value is -2.93. The molecule has 14 nitrogen and oxygen atoms in total. The van der Waals surface area contributed by atoms with E-state index in [1.165, 1.54) is 6.92 Å². The van der Waals surface area contributed by atoms with E-state index in [0.717, 1.165) is 20.8 Å². The Morgan fingerprint density at radius 3 is 2.00 bits per heavy atom. The van der Waals surface area contributed by atoms with Gasteiger partial charge in [-0.1, -0.05) is 5.11 Å². The molecule has 0 aromatic heterocycles. The van der Waals surface area contributed by atoms with Gasteiger partial charge < -0.3 is 33.2 Å². The summed E-state index contributed by atoms with van der Waals surface area (Å²) in [6.07, 6.45) is -6.20. The molecule has 0 aromatic rings. The van der Waals surface area contributed by atoms with E-state index in [9.17, 15) is 19.2 Å². The van der Waals surface area contributed by atoms with Gasteiger partial charge in [-0.2, -0.15) is 0 Å². The van der Waals surface area contributed by atoms with Gasteiger partial charge in [0.1, 0.15) is 12.7 Å². The van der Waals surface area contributed by atoms with E-state index in [-0.39, 0.29) is 33.0 Å². The molecule has 1 rings (SSSR count). The number of esters is 4. The molecule has 32 heavy (non-hydrogen) atoms. The van der Waals surface area contributed by atoms with E-state index in [1.54, 1.807) is 0 Å². The standard InChI is InChI=1S/C18H27N3O11/c1-10(22)28-9-14-15(29-11(2)23)16(30-12(3)24)17(31-13(4)25)18(32-14)27-8-7-26-6-5-20-21-19/h14-18H,5-9H2,1-4H3. The summed E-state index contributed by atoms with van der Waals surface area (Å²) in [5.74, 6) is -2.81. The first-order chi connectivity index (χ1) is 15.1. The first-order valence-corrected chi connectivity index (χ1v) is 9.66. The number of ether oxygens (including phenoxy) is 7. The van der Waals surface area contributed by atoms with Gasteiger partial charge in [-0.15, -0.1) is 0 Å². The second-order valence-corrected chi connectivity index (χ2v) is 6.51. The van der Waals surface area contributed by atoms with Gasteiger partial charge in [-0.05, 0) is 5.53 Å². The first kappa shape index (κ1) is 27.1. The van der Waals surface area contributed by atoms with Crippen LogP contribution in [0.5, 0.6) is 0 Å². The minimum Gasteiger partial charge on any atom is -0.463 e. The third-order valence-electron chi connectivity index (χ3n) is 3.86. The number of hydrogen-bond acceptors (Lipinski definition) is 12. The van der Waals surface area contributed by atoms with Crippen LogP contribution in [0.4, 0.5) is 0 Å². The maximum absolute atomic E-state index is 11.7. The summed E-state index contributed by atoms with van der Waals surface area (Å²) in [6, 6.07) is 0. The molecule has 5 atom stereocenters. The molecule has 0 radical (unpaired) electrons. The Kier molecular flexibility index (Phi) is 12.0. The average molecular weight is 461 g/mol. The van der Waals surface area contributed by atoms with Crippen LogP contribution in [0.3, 0.4) is 0 Å². The van der Waals surface area contributed by atoms with Crippen LogP contribution in [0.15, 0.2) is 5.11 Å². The Morgan fingerprint density at radius 2 is 1.44 bits per heavy atom. The van der Waals surface area contributed by atoms with E-state index >= 15 is 0 Å². The van der Waals surface area contributed by atoms with Crippen LogP contribution in [-0.2, 0) is 52.3 Å². The lowest BCUT2D eigenvalue weighted by molar-refractivity contribution is -0.309. The van der Waals surface area contributed by atoms with Crippen molar-refractivity contribution in [1.82, 2.24) is 0 Å². The first-order valence-electron chi connectivity index (χ1n) is 9.66. The zero-order valence-electron chi connectivity index (χ0n) is 18.3. The predicted molar refractivity (Wildman–Crippen MR) is 103 cm³/mol. The smallest absolute Gasteiger partial charge is 0.303 e. The Labute approximate surface area is 184 Å². The van der Waals surface area contributed by atoms with Crippen molar-refractivity contribution >= 4 is 23.9 Å². The third-order valence-corrected chi connectivity index (χ3v) is 3.86. The number of carbonyl (C=O) groups is 4. The van der Waals surface area contributed by atoms with Crippen LogP contribution >= 0.6 is 0 Å². The molecular formula is C18H27N3O11. The lowest BCUT2D eigenvalue weighted by atomic mass is 9.98. The molecule has 0 N–H and O–H groups in total. The molecule has 1 aliphatic heterocycles. The van der Waals surface area contributed by atoms with Gasteiger partial charge in [-0.25, -0.2) is 0 Å². The van der Waals surface area contributed by atoms with Gasteiger partial charge in [0.25, 0.3) is 0 Å². The van der Waals surface area contributed by atoms with E-state index < -0.39 is 54.6 Å². The fourth-order valence-electron chi connectivity index (χ4n) is 2.80. The monoisotopic (exact) mass is 461 g/mol. The van der Waals surface area contributed by atoms with Crippen molar-refractivity contribution in [3.05, 3.63) is 10.4 Å². The van der Waals surface area contributed by atoms with Crippen molar-refractivity contribution in [2.75, 3.05) is 33.0 Å². The van der Waals surface area contributed by atoms with Crippen molar-refractivity contribution in [2.24, 2.45) is 5.11 Å². The van der Waals surface area contributed by atoms with Crippen LogP contribution < -0.4 is 0 Å². The van der Waals surface area contributed by atoms with Crippen molar-refractivity contribution in [3.63, 3.8) is 0 Å². The third kappa shape index (κ3) is 9.92. The zero-order chi connectivity index (χ0) is 24.1. The van der Waals surface area contributed by atoms with E-state index in [2.05, 4.69) is 10.0 Å². The zero-order valence-corrected chi connectivity index (χ0v) is 18.3. The summed E-state index contributed by atoms with van der Waals surface area (Å²) in [5, 5.41) is 3.32. The summed E-state index contributed by atoms with van der Waals surface area (Å²) in [5.41, 5.74) is 8.23. The molecule has 1 fully saturated rings. The summed E-state index contributed by atoms with van der Waals surface area (Å²) < 4.78 is 37.3. The summed E-state index contributed by atoms with van der Waals surface area (Å²) in [6.45, 7) is 4.55. The second kappa shape index (κ2) is 14.2. The summed E-state index contributed by atoms with van der Waals surface area (Å²) in [7, 11) is 0. The fraction of sp³-hybridized carbons (Fsp3) is 0.778. The number of rotatable bonds is 12. The molecule has 0 aromatic carbocycles. The van der Waals surface area contributed by atoms with Crippen molar-refractivity contribution in [1.29, 1.82) is 0 Å². The average Bonchev–Trinajstić information content (AvgIpc) is 2.68. The number of carbonyl (C=O) groups excluding carboxylic acids is 4. The Bertz CT molecular complexity index is 710. The Balaban J connectivity index is 3.05. The highest BCUT2D eigenvalue weighted by atomic mass is 16.7. The molecule has 1 heterocycles. The highest BCUT2D eigenvalue weighted by Gasteiger charge is 2.52. The summed E-state index contributed by atoms with van der Waals surface area (Å²) >= 11 is 0. The second-order valence-electron chi connectivity index (χ2n) is 6.51. The topological polar surface area (TPSA) is 182 Å². The van der Waals surface area contributed by atoms with Crippen molar-refractivity contribution in [2.45, 2.75) is 58.4 Å². The number of nitrogens with zero attached hydrogens (tertiary/aromatic N) is 3. The predicted octanol–water partition coefficient (Wildman–Crippen LogP) is 0.413. The SMILES string of the molecule is CC(=O)OCC1OC(OCCOCCN=[N+]=[N-])C(OC(C)=O)C(OC(C)=O)C1OC(C)=O. The Morgan fingerprint density at radius 1 is 0.844 bits per heavy atom. The normalized spacial score (nSPS) is 24.6. The highest BCUT2D eigenvalue weighted by Crippen LogP contribution is 2.29. The molecule has 5 unspecified atom stereocenters. The number of hydrogen-bond donors (Lipinski definition) is 0. The molecule has 0 spiro atoms. The lowest BCUT2D eigenvalue weighted by Crippen LogP contribution is -2.63. The van der Waals surface area contributed by atoms with Crippen LogP contribution in [0, 0.1) is 0 Å². The molecule has 0 saturated carbocycles. The van der Waals surface area contributed by atoms with Crippen LogP contribution in [0.2, 0.25) is 0 Å². The molecule has 14 heteroatoms. The quantitative estimate of drug-likeness (QED) is 0.0980. The summed E-state index contributed by atoms with van der Waals surface area (Å²) in [4.78, 5) is 48.9. The molecule has 1 saturated heterocycles. The fourth-order valence-corrected chi connectivity index (χ4v) is 2.80. The molecule has 1 aliphatic rings. The van der Waals surface area contributed by atoms with Gasteiger partial charge in [0.05, 0.1) is 19.8 Å². The number of azide groups is 1. The van der Waals surface area contributed by atoms with Gasteiger partial charge in [0.15, 0.2) is 24.6 Å². The van der Waals surface area contributed by atoms with E-state index in [4.69, 9.17) is 38.7 Å².